The molecule has 0 aliphatic carbocycles. The Balaban J connectivity index is 1.84. The van der Waals surface area contributed by atoms with Gasteiger partial charge in [0.2, 0.25) is 0 Å². The van der Waals surface area contributed by atoms with Crippen LogP contribution in [-0.2, 0) is 4.79 Å². The fourth-order valence-corrected chi connectivity index (χ4v) is 2.17. The van der Waals surface area contributed by atoms with Crippen LogP contribution in [0.25, 0.3) is 0 Å². The van der Waals surface area contributed by atoms with Crippen LogP contribution in [0.3, 0.4) is 0 Å². The molecule has 1 amide bonds. The molecular weight excluding hydrogens is 347 g/mol. The Morgan fingerprint density at radius 2 is 1.91 bits per heavy atom. The van der Waals surface area contributed by atoms with Gasteiger partial charge in [-0.1, -0.05) is 53.0 Å². The van der Waals surface area contributed by atoms with Gasteiger partial charge in [0, 0.05) is 15.6 Å². The van der Waals surface area contributed by atoms with Gasteiger partial charge in [0.15, 0.2) is 6.61 Å². The van der Waals surface area contributed by atoms with Crippen molar-refractivity contribution < 1.29 is 9.53 Å². The summed E-state index contributed by atoms with van der Waals surface area (Å²) in [5.41, 5.74) is 3.04. The second-order valence-electron chi connectivity index (χ2n) is 4.18. The summed E-state index contributed by atoms with van der Waals surface area (Å²) in [5.74, 6) is -0.0504. The lowest BCUT2D eigenvalue weighted by atomic mass is 10.2. The number of benzene rings is 2. The summed E-state index contributed by atoms with van der Waals surface area (Å²) < 4.78 is 5.28. The summed E-state index contributed by atoms with van der Waals surface area (Å²) in [6, 6.07) is 11.9. The van der Waals surface area contributed by atoms with Gasteiger partial charge in [0.25, 0.3) is 5.91 Å². The van der Waals surface area contributed by atoms with E-state index in [2.05, 4.69) is 10.5 Å². The van der Waals surface area contributed by atoms with Crippen LogP contribution in [0.1, 0.15) is 5.56 Å². The molecule has 22 heavy (non-hydrogen) atoms. The van der Waals surface area contributed by atoms with Gasteiger partial charge in [0.05, 0.1) is 11.2 Å². The van der Waals surface area contributed by atoms with E-state index in [9.17, 15) is 4.79 Å². The highest BCUT2D eigenvalue weighted by molar-refractivity contribution is 6.35. The van der Waals surface area contributed by atoms with Crippen LogP contribution >= 0.6 is 34.8 Å². The van der Waals surface area contributed by atoms with E-state index in [1.807, 2.05) is 12.1 Å². The average molecular weight is 358 g/mol. The molecule has 2 aromatic rings. The molecule has 0 spiro atoms. The molecule has 0 fully saturated rings. The zero-order chi connectivity index (χ0) is 15.9. The summed E-state index contributed by atoms with van der Waals surface area (Å²) >= 11 is 17.7. The Hall–Kier alpha value is -1.75. The Labute approximate surface area is 142 Å². The monoisotopic (exact) mass is 356 g/mol. The molecule has 4 nitrogen and oxygen atoms in total. The molecule has 0 aliphatic rings. The van der Waals surface area contributed by atoms with Crippen LogP contribution in [0.15, 0.2) is 47.6 Å². The van der Waals surface area contributed by atoms with E-state index >= 15 is 0 Å². The predicted octanol–water partition coefficient (Wildman–Crippen LogP) is 4.18. The first-order chi connectivity index (χ1) is 10.6. The second-order valence-corrected chi connectivity index (χ2v) is 5.43. The fourth-order valence-electron chi connectivity index (χ4n) is 1.52. The van der Waals surface area contributed by atoms with Crippen molar-refractivity contribution in [2.75, 3.05) is 6.61 Å². The summed E-state index contributed by atoms with van der Waals surface area (Å²) in [6.07, 6.45) is 1.45. The van der Waals surface area contributed by atoms with Gasteiger partial charge < -0.3 is 4.74 Å². The van der Waals surface area contributed by atoms with Gasteiger partial charge >= 0.3 is 0 Å². The van der Waals surface area contributed by atoms with E-state index in [-0.39, 0.29) is 6.61 Å². The maximum atomic E-state index is 11.6. The molecule has 7 heteroatoms. The number of nitrogens with one attached hydrogen (secondary N) is 1. The topological polar surface area (TPSA) is 50.7 Å². The molecule has 0 aromatic heterocycles. The Morgan fingerprint density at radius 3 is 2.64 bits per heavy atom. The van der Waals surface area contributed by atoms with Crippen molar-refractivity contribution in [3.8, 4) is 5.75 Å². The number of amides is 1. The third-order valence-electron chi connectivity index (χ3n) is 2.55. The van der Waals surface area contributed by atoms with Crippen LogP contribution in [-0.4, -0.2) is 18.7 Å². The number of hydrogen-bond donors (Lipinski definition) is 1. The molecule has 0 aliphatic heterocycles. The second kappa shape index (κ2) is 8.03. The van der Waals surface area contributed by atoms with Crippen LogP contribution in [0.2, 0.25) is 15.1 Å². The molecule has 2 rings (SSSR count). The summed E-state index contributed by atoms with van der Waals surface area (Å²) in [6.45, 7) is -0.221. The normalized spacial score (nSPS) is 10.7. The van der Waals surface area contributed by atoms with Gasteiger partial charge in [-0.25, -0.2) is 5.43 Å². The van der Waals surface area contributed by atoms with Gasteiger partial charge in [0.1, 0.15) is 5.75 Å². The van der Waals surface area contributed by atoms with E-state index in [0.717, 1.165) is 0 Å². The number of nitrogens with zero attached hydrogens (tertiary/aromatic N) is 1. The zero-order valence-corrected chi connectivity index (χ0v) is 13.5. The molecule has 0 unspecified atom stereocenters. The first-order valence-electron chi connectivity index (χ1n) is 6.20. The smallest absolute Gasteiger partial charge is 0.277 e. The molecule has 0 heterocycles. The first-order valence-corrected chi connectivity index (χ1v) is 7.34. The highest BCUT2D eigenvalue weighted by atomic mass is 35.5. The Kier molecular flexibility index (Phi) is 6.07. The van der Waals surface area contributed by atoms with Crippen LogP contribution < -0.4 is 10.2 Å². The van der Waals surface area contributed by atoms with Crippen molar-refractivity contribution in [1.82, 2.24) is 5.43 Å². The number of halogens is 3. The third-order valence-corrected chi connectivity index (χ3v) is 3.43. The highest BCUT2D eigenvalue weighted by Gasteiger charge is 2.05. The van der Waals surface area contributed by atoms with Crippen molar-refractivity contribution in [2.45, 2.75) is 0 Å². The fraction of sp³-hybridized carbons (Fsp3) is 0.0667. The highest BCUT2D eigenvalue weighted by Crippen LogP contribution is 2.27. The largest absolute Gasteiger partial charge is 0.482 e. The van der Waals surface area contributed by atoms with Crippen molar-refractivity contribution in [1.29, 1.82) is 0 Å². The standard InChI is InChI=1S/C15H11Cl3N2O2/c16-11-5-6-14(13(18)7-11)22-9-15(21)20-19-8-10-3-1-2-4-12(10)17/h1-8H,9H2,(H,20,21)/b19-8-. The Morgan fingerprint density at radius 1 is 1.14 bits per heavy atom. The van der Waals surface area contributed by atoms with Crippen molar-refractivity contribution in [3.63, 3.8) is 0 Å². The minimum atomic E-state index is -0.422. The van der Waals surface area contributed by atoms with Crippen LogP contribution in [0, 0.1) is 0 Å². The number of ether oxygens (including phenoxy) is 1. The molecule has 0 saturated carbocycles. The number of rotatable bonds is 5. The lowest BCUT2D eigenvalue weighted by Gasteiger charge is -2.07. The van der Waals surface area contributed by atoms with Crippen molar-refractivity contribution in [2.24, 2.45) is 5.10 Å². The molecule has 0 atom stereocenters. The lowest BCUT2D eigenvalue weighted by Crippen LogP contribution is -2.24. The van der Waals surface area contributed by atoms with E-state index in [1.54, 1.807) is 24.3 Å². The number of hydrazone groups is 1. The summed E-state index contributed by atoms with van der Waals surface area (Å²) in [7, 11) is 0. The molecule has 114 valence electrons. The van der Waals surface area contributed by atoms with Crippen molar-refractivity contribution >= 4 is 46.9 Å². The first kappa shape index (κ1) is 16.6. The van der Waals surface area contributed by atoms with E-state index in [1.165, 1.54) is 12.3 Å². The third kappa shape index (κ3) is 4.91. The lowest BCUT2D eigenvalue weighted by molar-refractivity contribution is -0.123. The minimum Gasteiger partial charge on any atom is -0.482 e. The maximum absolute atomic E-state index is 11.6. The zero-order valence-electron chi connectivity index (χ0n) is 11.2. The average Bonchev–Trinajstić information content (AvgIpc) is 2.48. The summed E-state index contributed by atoms with van der Waals surface area (Å²) in [5, 5.41) is 5.18. The molecule has 0 bridgehead atoms. The van der Waals surface area contributed by atoms with E-state index in [4.69, 9.17) is 39.5 Å². The van der Waals surface area contributed by atoms with Gasteiger partial charge in [-0.05, 0) is 24.3 Å². The molecule has 0 radical (unpaired) electrons. The van der Waals surface area contributed by atoms with E-state index < -0.39 is 5.91 Å². The van der Waals surface area contributed by atoms with Crippen LogP contribution in [0.4, 0.5) is 0 Å². The van der Waals surface area contributed by atoms with Crippen molar-refractivity contribution in [3.05, 3.63) is 63.1 Å². The van der Waals surface area contributed by atoms with Crippen LogP contribution in [0.5, 0.6) is 5.75 Å². The number of carbonyl (C=O) groups is 1. The maximum Gasteiger partial charge on any atom is 0.277 e. The Bertz CT molecular complexity index is 705. The molecule has 0 saturated heterocycles. The quantitative estimate of drug-likeness (QED) is 0.645. The van der Waals surface area contributed by atoms with Gasteiger partial charge in [-0.2, -0.15) is 5.10 Å². The van der Waals surface area contributed by atoms with Gasteiger partial charge in [-0.15, -0.1) is 0 Å². The molecule has 1 N–H and O–H groups in total. The number of carbonyl (C=O) groups excluding carboxylic acids is 1. The van der Waals surface area contributed by atoms with Gasteiger partial charge in [-0.3, -0.25) is 4.79 Å². The SMILES string of the molecule is O=C(COc1ccc(Cl)cc1Cl)N/N=C\c1ccccc1Cl. The number of hydrogen-bond acceptors (Lipinski definition) is 3. The molecular formula is C15H11Cl3N2O2. The minimum absolute atomic E-state index is 0.221. The predicted molar refractivity (Wildman–Crippen MR) is 89.1 cm³/mol. The molecule has 2 aromatic carbocycles. The summed E-state index contributed by atoms with van der Waals surface area (Å²) in [4.78, 5) is 11.6. The van der Waals surface area contributed by atoms with E-state index in [0.29, 0.717) is 26.4 Å².